The molecule has 1 atom stereocenters. The molecule has 1 amide bonds. The van der Waals surface area contributed by atoms with Crippen LogP contribution >= 0.6 is 0 Å². The van der Waals surface area contributed by atoms with Gasteiger partial charge in [0.25, 0.3) is 5.91 Å². The molecule has 0 aromatic heterocycles. The quantitative estimate of drug-likeness (QED) is 0.571. The third kappa shape index (κ3) is 3.92. The van der Waals surface area contributed by atoms with Gasteiger partial charge in [0.1, 0.15) is 11.9 Å². The Hall–Kier alpha value is -2.29. The van der Waals surface area contributed by atoms with Crippen LogP contribution in [-0.4, -0.2) is 19.5 Å². The van der Waals surface area contributed by atoms with E-state index in [-0.39, 0.29) is 10.5 Å². The predicted molar refractivity (Wildman–Crippen MR) is 80.6 cm³/mol. The van der Waals surface area contributed by atoms with Crippen LogP contribution in [0.15, 0.2) is 53.4 Å². The molecule has 3 N–H and O–H groups in total. The van der Waals surface area contributed by atoms with Crippen LogP contribution in [0.3, 0.4) is 0 Å². The van der Waals surface area contributed by atoms with Gasteiger partial charge >= 0.3 is 0 Å². The Morgan fingerprint density at radius 3 is 2.39 bits per heavy atom. The van der Waals surface area contributed by atoms with Crippen molar-refractivity contribution in [1.82, 2.24) is 10.2 Å². The van der Waals surface area contributed by atoms with E-state index in [2.05, 4.69) is 4.72 Å². The second-order valence-electron chi connectivity index (χ2n) is 4.85. The van der Waals surface area contributed by atoms with Crippen LogP contribution in [0.2, 0.25) is 0 Å². The van der Waals surface area contributed by atoms with Gasteiger partial charge in [0.05, 0.1) is 4.90 Å². The average Bonchev–Trinajstić information content (AvgIpc) is 2.55. The number of hydrogen-bond donors (Lipinski definition) is 3. The molecule has 2 rings (SSSR count). The van der Waals surface area contributed by atoms with E-state index in [0.717, 1.165) is 18.2 Å². The molecule has 0 aliphatic rings. The molecular weight excluding hydrogens is 323 g/mol. The number of hydroxylamine groups is 1. The van der Waals surface area contributed by atoms with Crippen LogP contribution in [-0.2, 0) is 14.8 Å². The molecule has 2 aromatic carbocycles. The van der Waals surface area contributed by atoms with Gasteiger partial charge in [-0.25, -0.2) is 18.3 Å². The van der Waals surface area contributed by atoms with Crippen molar-refractivity contribution >= 4 is 15.9 Å². The molecule has 0 aliphatic carbocycles. The van der Waals surface area contributed by atoms with Crippen LogP contribution in [0.4, 0.5) is 4.39 Å². The molecule has 8 heteroatoms. The first kappa shape index (κ1) is 17.1. The van der Waals surface area contributed by atoms with Gasteiger partial charge in [0.2, 0.25) is 10.0 Å². The van der Waals surface area contributed by atoms with Crippen molar-refractivity contribution in [3.05, 3.63) is 65.5 Å². The summed E-state index contributed by atoms with van der Waals surface area (Å²) >= 11 is 0. The molecule has 2 aromatic rings. The van der Waals surface area contributed by atoms with Gasteiger partial charge in [-0.2, -0.15) is 4.72 Å². The molecule has 0 radical (unpaired) electrons. The Labute approximate surface area is 133 Å². The smallest absolute Gasteiger partial charge is 0.266 e. The molecule has 23 heavy (non-hydrogen) atoms. The minimum absolute atomic E-state index is 0.163. The summed E-state index contributed by atoms with van der Waals surface area (Å²) in [4.78, 5) is 11.6. The van der Waals surface area contributed by atoms with Crippen LogP contribution in [0.5, 0.6) is 0 Å². The molecule has 0 saturated carbocycles. The summed E-state index contributed by atoms with van der Waals surface area (Å²) in [5.41, 5.74) is 1.94. The van der Waals surface area contributed by atoms with Gasteiger partial charge in [-0.1, -0.05) is 30.3 Å². The number of sulfonamides is 1. The van der Waals surface area contributed by atoms with Gasteiger partial charge in [-0.3, -0.25) is 10.0 Å². The summed E-state index contributed by atoms with van der Waals surface area (Å²) in [6.45, 7) is 1.43. The van der Waals surface area contributed by atoms with Gasteiger partial charge in [0, 0.05) is 0 Å². The van der Waals surface area contributed by atoms with E-state index in [9.17, 15) is 17.6 Å². The second-order valence-corrected chi connectivity index (χ2v) is 6.57. The Morgan fingerprint density at radius 2 is 1.83 bits per heavy atom. The zero-order valence-corrected chi connectivity index (χ0v) is 13.0. The summed E-state index contributed by atoms with van der Waals surface area (Å²) in [6, 6.07) is 10.0. The molecule has 6 nitrogen and oxygen atoms in total. The lowest BCUT2D eigenvalue weighted by molar-refractivity contribution is -0.131. The van der Waals surface area contributed by atoms with Crippen molar-refractivity contribution in [2.75, 3.05) is 0 Å². The van der Waals surface area contributed by atoms with Crippen LogP contribution in [0.1, 0.15) is 17.2 Å². The second kappa shape index (κ2) is 6.86. The maximum absolute atomic E-state index is 13.3. The minimum Gasteiger partial charge on any atom is -0.289 e. The number of amides is 1. The fraction of sp³-hybridized carbons (Fsp3) is 0.133. The van der Waals surface area contributed by atoms with E-state index in [1.54, 1.807) is 30.3 Å². The molecule has 0 heterocycles. The molecule has 122 valence electrons. The number of hydrogen-bond acceptors (Lipinski definition) is 4. The Bertz CT molecular complexity index is 809. The van der Waals surface area contributed by atoms with Crippen molar-refractivity contribution in [2.24, 2.45) is 0 Å². The number of benzene rings is 2. The fourth-order valence-corrected chi connectivity index (χ4v) is 3.26. The molecule has 0 bridgehead atoms. The van der Waals surface area contributed by atoms with Gasteiger partial charge in [-0.05, 0) is 36.2 Å². The fourth-order valence-electron chi connectivity index (χ4n) is 1.99. The lowest BCUT2D eigenvalue weighted by atomic mass is 10.1. The lowest BCUT2D eigenvalue weighted by Gasteiger charge is -2.17. The monoisotopic (exact) mass is 338 g/mol. The van der Waals surface area contributed by atoms with E-state index in [1.807, 2.05) is 0 Å². The van der Waals surface area contributed by atoms with Gasteiger partial charge in [0.15, 0.2) is 0 Å². The van der Waals surface area contributed by atoms with Crippen LogP contribution in [0, 0.1) is 12.7 Å². The number of aryl methyl sites for hydroxylation is 1. The van der Waals surface area contributed by atoms with E-state index >= 15 is 0 Å². The van der Waals surface area contributed by atoms with Crippen LogP contribution < -0.4 is 10.2 Å². The maximum atomic E-state index is 13.3. The van der Waals surface area contributed by atoms with Crippen molar-refractivity contribution in [2.45, 2.75) is 17.9 Å². The third-order valence-electron chi connectivity index (χ3n) is 3.22. The number of halogens is 1. The number of carbonyl (C=O) groups is 1. The largest absolute Gasteiger partial charge is 0.289 e. The molecule has 0 fully saturated rings. The molecule has 0 aliphatic heterocycles. The normalized spacial score (nSPS) is 12.7. The SMILES string of the molecule is Cc1cc(S(=O)(=O)N[C@@H](C(=O)NO)c2ccccc2)ccc1F. The zero-order chi connectivity index (χ0) is 17.0. The average molecular weight is 338 g/mol. The van der Waals surface area contributed by atoms with Gasteiger partial charge < -0.3 is 0 Å². The van der Waals surface area contributed by atoms with E-state index in [1.165, 1.54) is 12.4 Å². The summed E-state index contributed by atoms with van der Waals surface area (Å²) in [5.74, 6) is -1.46. The zero-order valence-electron chi connectivity index (χ0n) is 12.2. The highest BCUT2D eigenvalue weighted by Gasteiger charge is 2.27. The first-order chi connectivity index (χ1) is 10.8. The minimum atomic E-state index is -4.09. The maximum Gasteiger partial charge on any atom is 0.266 e. The lowest BCUT2D eigenvalue weighted by Crippen LogP contribution is -2.39. The summed E-state index contributed by atoms with van der Waals surface area (Å²) < 4.78 is 40.3. The number of rotatable bonds is 5. The van der Waals surface area contributed by atoms with Crippen molar-refractivity contribution in [1.29, 1.82) is 0 Å². The van der Waals surface area contributed by atoms with E-state index in [0.29, 0.717) is 5.56 Å². The number of nitrogens with one attached hydrogen (secondary N) is 2. The van der Waals surface area contributed by atoms with Crippen molar-refractivity contribution < 1.29 is 22.8 Å². The highest BCUT2D eigenvalue weighted by atomic mass is 32.2. The van der Waals surface area contributed by atoms with Crippen molar-refractivity contribution in [3.8, 4) is 0 Å². The highest BCUT2D eigenvalue weighted by molar-refractivity contribution is 7.89. The summed E-state index contributed by atoms with van der Waals surface area (Å²) in [6.07, 6.45) is 0. The molecule has 0 spiro atoms. The standard InChI is InChI=1S/C15H15FN2O4S/c1-10-9-12(7-8-13(10)16)23(21,22)18-14(15(19)17-20)11-5-3-2-4-6-11/h2-9,14,18,20H,1H3,(H,17,19)/t14-/m1/s1. The molecule has 0 saturated heterocycles. The predicted octanol–water partition coefficient (Wildman–Crippen LogP) is 1.66. The third-order valence-corrected chi connectivity index (χ3v) is 4.64. The highest BCUT2D eigenvalue weighted by Crippen LogP contribution is 2.19. The Kier molecular flexibility index (Phi) is 5.09. The van der Waals surface area contributed by atoms with Crippen LogP contribution in [0.25, 0.3) is 0 Å². The summed E-state index contributed by atoms with van der Waals surface area (Å²) in [7, 11) is -4.09. The Balaban J connectivity index is 2.38. The topological polar surface area (TPSA) is 95.5 Å². The number of carbonyl (C=O) groups excluding carboxylic acids is 1. The van der Waals surface area contributed by atoms with E-state index in [4.69, 9.17) is 5.21 Å². The van der Waals surface area contributed by atoms with Crippen molar-refractivity contribution in [3.63, 3.8) is 0 Å². The Morgan fingerprint density at radius 1 is 1.17 bits per heavy atom. The molecule has 0 unspecified atom stereocenters. The first-order valence-corrected chi connectivity index (χ1v) is 8.11. The van der Waals surface area contributed by atoms with Gasteiger partial charge in [-0.15, -0.1) is 0 Å². The first-order valence-electron chi connectivity index (χ1n) is 6.62. The van der Waals surface area contributed by atoms with E-state index < -0.39 is 27.8 Å². The summed E-state index contributed by atoms with van der Waals surface area (Å²) in [5, 5.41) is 8.83. The molecular formula is C15H15FN2O4S.